The highest BCUT2D eigenvalue weighted by Gasteiger charge is 2.47. The zero-order valence-electron chi connectivity index (χ0n) is 22.8. The molecule has 4 atom stereocenters. The molecule has 3 aliphatic rings. The van der Waals surface area contributed by atoms with Crippen LogP contribution in [-0.2, 0) is 20.7 Å². The smallest absolute Gasteiger partial charge is 0.308 e. The van der Waals surface area contributed by atoms with E-state index < -0.39 is 11.9 Å². The van der Waals surface area contributed by atoms with Crippen LogP contribution in [0.3, 0.4) is 0 Å². The zero-order chi connectivity index (χ0) is 26.2. The first kappa shape index (κ1) is 27.9. The van der Waals surface area contributed by atoms with Crippen LogP contribution in [-0.4, -0.2) is 78.3 Å². The summed E-state index contributed by atoms with van der Waals surface area (Å²) in [5, 5.41) is 10.5. The number of hydrogen-bond donors (Lipinski definition) is 1. The van der Waals surface area contributed by atoms with Gasteiger partial charge in [0, 0.05) is 44.6 Å². The molecule has 1 N–H and O–H groups in total. The van der Waals surface area contributed by atoms with Gasteiger partial charge in [-0.15, -0.1) is 0 Å². The van der Waals surface area contributed by atoms with E-state index in [1.165, 1.54) is 6.42 Å². The lowest BCUT2D eigenvalue weighted by Gasteiger charge is -2.31. The Labute approximate surface area is 222 Å². The molecule has 2 fully saturated rings. The van der Waals surface area contributed by atoms with Gasteiger partial charge in [-0.25, -0.2) is 0 Å². The average Bonchev–Trinajstić information content (AvgIpc) is 3.52. The Kier molecular flexibility index (Phi) is 10.3. The van der Waals surface area contributed by atoms with E-state index in [-0.39, 0.29) is 30.5 Å². The highest BCUT2D eigenvalue weighted by Crippen LogP contribution is 2.41. The molecule has 1 aromatic carbocycles. The van der Waals surface area contributed by atoms with E-state index in [0.29, 0.717) is 13.2 Å². The molecule has 0 aliphatic carbocycles. The summed E-state index contributed by atoms with van der Waals surface area (Å²) < 4.78 is 11.7. The second-order valence-corrected chi connectivity index (χ2v) is 11.1. The minimum absolute atomic E-state index is 0.132. The van der Waals surface area contributed by atoms with E-state index in [4.69, 9.17) is 9.47 Å². The fourth-order valence-electron chi connectivity index (χ4n) is 6.35. The topological polar surface area (TPSA) is 79.3 Å². The Hall–Kier alpha value is -2.12. The van der Waals surface area contributed by atoms with Crippen molar-refractivity contribution >= 4 is 11.9 Å². The van der Waals surface area contributed by atoms with Gasteiger partial charge in [0.1, 0.15) is 5.75 Å². The summed E-state index contributed by atoms with van der Waals surface area (Å²) in [4.78, 5) is 30.5. The molecule has 1 aromatic rings. The van der Waals surface area contributed by atoms with Gasteiger partial charge >= 0.3 is 5.97 Å². The zero-order valence-corrected chi connectivity index (χ0v) is 22.8. The first-order valence-corrected chi connectivity index (χ1v) is 14.6. The van der Waals surface area contributed by atoms with Gasteiger partial charge in [-0.2, -0.15) is 0 Å². The highest BCUT2D eigenvalue weighted by atomic mass is 16.5. The number of aliphatic carboxylic acids is 1. The summed E-state index contributed by atoms with van der Waals surface area (Å²) in [7, 11) is 0. The van der Waals surface area contributed by atoms with Gasteiger partial charge in [0.25, 0.3) is 0 Å². The van der Waals surface area contributed by atoms with Gasteiger partial charge < -0.3 is 19.5 Å². The number of unbranched alkanes of at least 4 members (excludes halogenated alkanes) is 2. The number of benzene rings is 1. The maximum Gasteiger partial charge on any atom is 0.308 e. The molecule has 1 unspecified atom stereocenters. The van der Waals surface area contributed by atoms with E-state index >= 15 is 0 Å². The van der Waals surface area contributed by atoms with Crippen LogP contribution in [0.2, 0.25) is 0 Å². The maximum absolute atomic E-state index is 13.5. The van der Waals surface area contributed by atoms with Crippen LogP contribution >= 0.6 is 0 Å². The molecule has 1 amide bonds. The van der Waals surface area contributed by atoms with Crippen molar-refractivity contribution in [3.8, 4) is 5.75 Å². The third-order valence-corrected chi connectivity index (χ3v) is 8.49. The molecule has 4 rings (SSSR count). The van der Waals surface area contributed by atoms with Crippen LogP contribution in [0, 0.1) is 5.92 Å². The van der Waals surface area contributed by atoms with Crippen LogP contribution in [0.5, 0.6) is 5.75 Å². The van der Waals surface area contributed by atoms with Gasteiger partial charge in [0.2, 0.25) is 5.91 Å². The van der Waals surface area contributed by atoms with Crippen molar-refractivity contribution in [1.29, 1.82) is 0 Å². The van der Waals surface area contributed by atoms with E-state index in [1.807, 2.05) is 17.0 Å². The normalized spacial score (nSPS) is 25.6. The third-order valence-electron chi connectivity index (χ3n) is 8.49. The van der Waals surface area contributed by atoms with Gasteiger partial charge in [-0.3, -0.25) is 14.5 Å². The molecule has 37 heavy (non-hydrogen) atoms. The lowest BCUT2D eigenvalue weighted by molar-refractivity contribution is -0.144. The van der Waals surface area contributed by atoms with Crippen molar-refractivity contribution in [1.82, 2.24) is 9.80 Å². The number of carbonyl (C=O) groups is 2. The standard InChI is InChI=1S/C30H46N2O5/c1-3-5-15-31(16-6-4-2)28(33)21-32-20-25(22-10-13-27-23(19-22)14-18-37-27)29(30(34)35)26(32)12-11-24-9-7-8-17-36-24/h10,13,19,24-26,29H,3-9,11-12,14-18,20-21H2,1-2H3,(H,34,35)/t24?,25-,26+,29-/m1/s1. The number of likely N-dealkylation sites (tertiary alicyclic amines) is 1. The second-order valence-electron chi connectivity index (χ2n) is 11.1. The van der Waals surface area contributed by atoms with E-state index in [0.717, 1.165) is 94.4 Å². The third kappa shape index (κ3) is 7.05. The molecule has 0 radical (unpaired) electrons. The highest BCUT2D eigenvalue weighted by molar-refractivity contribution is 5.79. The number of carbonyl (C=O) groups excluding carboxylic acids is 1. The van der Waals surface area contributed by atoms with Crippen molar-refractivity contribution in [3.63, 3.8) is 0 Å². The van der Waals surface area contributed by atoms with Crippen molar-refractivity contribution in [2.45, 2.75) is 96.1 Å². The number of carboxylic acids is 1. The summed E-state index contributed by atoms with van der Waals surface area (Å²) in [6, 6.07) is 5.99. The number of amides is 1. The molecule has 7 heteroatoms. The first-order chi connectivity index (χ1) is 18.0. The average molecular weight is 515 g/mol. The number of hydrogen-bond acceptors (Lipinski definition) is 5. The van der Waals surface area contributed by atoms with E-state index in [1.54, 1.807) is 0 Å². The summed E-state index contributed by atoms with van der Waals surface area (Å²) in [6.07, 6.45) is 10.1. The molecule has 3 heterocycles. The Morgan fingerprint density at radius 3 is 2.54 bits per heavy atom. The van der Waals surface area contributed by atoms with Crippen molar-refractivity contribution in [2.24, 2.45) is 5.92 Å². The van der Waals surface area contributed by atoms with Crippen molar-refractivity contribution in [3.05, 3.63) is 29.3 Å². The number of rotatable bonds is 13. The Morgan fingerprint density at radius 2 is 1.86 bits per heavy atom. The molecule has 3 aliphatic heterocycles. The molecule has 206 valence electrons. The van der Waals surface area contributed by atoms with Crippen molar-refractivity contribution in [2.75, 3.05) is 39.4 Å². The van der Waals surface area contributed by atoms with Crippen LogP contribution in [0.15, 0.2) is 18.2 Å². The Morgan fingerprint density at radius 1 is 1.08 bits per heavy atom. The lowest BCUT2D eigenvalue weighted by Crippen LogP contribution is -2.45. The second kappa shape index (κ2) is 13.6. The quantitative estimate of drug-likeness (QED) is 0.405. The van der Waals surface area contributed by atoms with Gasteiger partial charge in [-0.05, 0) is 62.1 Å². The molecular formula is C30H46N2O5. The van der Waals surface area contributed by atoms with Crippen LogP contribution in [0.4, 0.5) is 0 Å². The molecule has 0 saturated carbocycles. The first-order valence-electron chi connectivity index (χ1n) is 14.6. The SMILES string of the molecule is CCCCN(CCCC)C(=O)CN1C[C@H](c2ccc3c(c2)CCO3)[C@@H](C(=O)O)[C@@H]1CCC1CCCCO1. The predicted molar refractivity (Wildman–Crippen MR) is 144 cm³/mol. The largest absolute Gasteiger partial charge is 0.493 e. The predicted octanol–water partition coefficient (Wildman–Crippen LogP) is 4.87. The minimum atomic E-state index is -0.764. The number of nitrogens with zero attached hydrogens (tertiary/aromatic N) is 2. The van der Waals surface area contributed by atoms with Crippen LogP contribution in [0.1, 0.15) is 88.7 Å². The lowest BCUT2D eigenvalue weighted by atomic mass is 9.82. The van der Waals surface area contributed by atoms with Gasteiger partial charge in [0.15, 0.2) is 0 Å². The number of fused-ring (bicyclic) bond motifs is 1. The molecule has 0 aromatic heterocycles. The van der Waals surface area contributed by atoms with Gasteiger partial charge in [0.05, 0.1) is 25.2 Å². The summed E-state index contributed by atoms with van der Waals surface area (Å²) in [6.45, 7) is 8.21. The fourth-order valence-corrected chi connectivity index (χ4v) is 6.35. The van der Waals surface area contributed by atoms with E-state index in [2.05, 4.69) is 24.8 Å². The molecule has 7 nitrogen and oxygen atoms in total. The Bertz CT molecular complexity index is 892. The van der Waals surface area contributed by atoms with Gasteiger partial charge in [-0.1, -0.05) is 38.8 Å². The summed E-state index contributed by atoms with van der Waals surface area (Å²) in [5.74, 6) is -0.410. The van der Waals surface area contributed by atoms with Crippen molar-refractivity contribution < 1.29 is 24.2 Å². The van der Waals surface area contributed by atoms with E-state index in [9.17, 15) is 14.7 Å². The Balaban J connectivity index is 1.55. The number of carboxylic acid groups (broad SMARTS) is 1. The summed E-state index contributed by atoms with van der Waals surface area (Å²) >= 11 is 0. The number of ether oxygens (including phenoxy) is 2. The van der Waals surface area contributed by atoms with Crippen LogP contribution in [0.25, 0.3) is 0 Å². The molecule has 0 spiro atoms. The summed E-state index contributed by atoms with van der Waals surface area (Å²) in [5.41, 5.74) is 2.22. The molecule has 0 bridgehead atoms. The monoisotopic (exact) mass is 514 g/mol. The minimum Gasteiger partial charge on any atom is -0.493 e. The maximum atomic E-state index is 13.5. The molecule has 2 saturated heterocycles. The molecular weight excluding hydrogens is 468 g/mol. The fraction of sp³-hybridized carbons (Fsp3) is 0.733. The van der Waals surface area contributed by atoms with Crippen LogP contribution < -0.4 is 4.74 Å².